The van der Waals surface area contributed by atoms with Crippen molar-refractivity contribution in [1.82, 2.24) is 14.5 Å². The summed E-state index contributed by atoms with van der Waals surface area (Å²) >= 11 is 0. The first-order valence-corrected chi connectivity index (χ1v) is 10.7. The molecule has 5 rings (SSSR count). The van der Waals surface area contributed by atoms with Crippen LogP contribution in [0, 0.1) is 0 Å². The van der Waals surface area contributed by atoms with E-state index in [1.54, 1.807) is 54.7 Å². The number of hydrogen-bond donors (Lipinski definition) is 2. The van der Waals surface area contributed by atoms with E-state index in [0.717, 1.165) is 0 Å². The standard InChI is InChI=1S/C21H15N5O4S/c27-18-14-7-5-11-23-20(14)26(12-13-6-3-4-10-22-13)21(28)17(18)19-24-15-8-1-2-9-16(15)31(29,30)25-19/h1-11,27H,12H2,(H,24,25). The van der Waals surface area contributed by atoms with Crippen molar-refractivity contribution in [2.45, 2.75) is 11.4 Å². The second kappa shape index (κ2) is 7.03. The van der Waals surface area contributed by atoms with Gasteiger partial charge in [-0.2, -0.15) is 8.42 Å². The van der Waals surface area contributed by atoms with Crippen molar-refractivity contribution in [3.63, 3.8) is 0 Å². The number of para-hydroxylation sites is 1. The monoisotopic (exact) mass is 433 g/mol. The van der Waals surface area contributed by atoms with Crippen LogP contribution in [0.4, 0.5) is 5.69 Å². The van der Waals surface area contributed by atoms with E-state index >= 15 is 0 Å². The molecule has 10 heteroatoms. The van der Waals surface area contributed by atoms with Gasteiger partial charge in [-0.05, 0) is 36.4 Å². The highest BCUT2D eigenvalue weighted by atomic mass is 32.2. The fourth-order valence-electron chi connectivity index (χ4n) is 3.50. The van der Waals surface area contributed by atoms with E-state index in [4.69, 9.17) is 0 Å². The van der Waals surface area contributed by atoms with Crippen LogP contribution in [0.25, 0.3) is 11.0 Å². The first kappa shape index (κ1) is 18.9. The predicted octanol–water partition coefficient (Wildman–Crippen LogP) is 2.11. The van der Waals surface area contributed by atoms with Crippen molar-refractivity contribution in [2.24, 2.45) is 4.40 Å². The van der Waals surface area contributed by atoms with Crippen molar-refractivity contribution >= 4 is 32.6 Å². The molecule has 1 aromatic carbocycles. The fraction of sp³-hybridized carbons (Fsp3) is 0.0476. The van der Waals surface area contributed by atoms with Gasteiger partial charge in [0.2, 0.25) is 0 Å². The Morgan fingerprint density at radius 1 is 0.968 bits per heavy atom. The van der Waals surface area contributed by atoms with Gasteiger partial charge >= 0.3 is 0 Å². The molecule has 2 N–H and O–H groups in total. The lowest BCUT2D eigenvalue weighted by molar-refractivity contribution is 0.477. The lowest BCUT2D eigenvalue weighted by atomic mass is 10.1. The summed E-state index contributed by atoms with van der Waals surface area (Å²) in [5.74, 6) is -0.645. The molecule has 0 fully saturated rings. The van der Waals surface area contributed by atoms with E-state index in [9.17, 15) is 18.3 Å². The van der Waals surface area contributed by atoms with Crippen LogP contribution in [0.15, 0.2) is 81.1 Å². The number of rotatable bonds is 3. The Hall–Kier alpha value is -4.05. The van der Waals surface area contributed by atoms with Crippen molar-refractivity contribution in [3.05, 3.63) is 88.6 Å². The van der Waals surface area contributed by atoms with Crippen LogP contribution in [0.3, 0.4) is 0 Å². The van der Waals surface area contributed by atoms with Gasteiger partial charge in [0.25, 0.3) is 15.6 Å². The summed E-state index contributed by atoms with van der Waals surface area (Å²) in [5.41, 5.74) is 0.224. The molecule has 0 atom stereocenters. The molecule has 9 nitrogen and oxygen atoms in total. The van der Waals surface area contributed by atoms with Gasteiger partial charge in [-0.1, -0.05) is 18.2 Å². The van der Waals surface area contributed by atoms with Crippen molar-refractivity contribution in [2.75, 3.05) is 5.32 Å². The summed E-state index contributed by atoms with van der Waals surface area (Å²) in [7, 11) is -4.06. The number of aromatic hydroxyl groups is 1. The van der Waals surface area contributed by atoms with E-state index in [1.165, 1.54) is 16.8 Å². The van der Waals surface area contributed by atoms with E-state index in [-0.39, 0.29) is 39.6 Å². The van der Waals surface area contributed by atoms with Crippen LogP contribution in [-0.4, -0.2) is 33.9 Å². The van der Waals surface area contributed by atoms with Gasteiger partial charge in [-0.15, -0.1) is 4.40 Å². The Labute approximate surface area is 176 Å². The van der Waals surface area contributed by atoms with Crippen LogP contribution in [-0.2, 0) is 16.6 Å². The van der Waals surface area contributed by atoms with E-state index in [2.05, 4.69) is 19.7 Å². The van der Waals surface area contributed by atoms with Crippen LogP contribution in [0.1, 0.15) is 11.3 Å². The van der Waals surface area contributed by atoms with Gasteiger partial charge in [0, 0.05) is 12.4 Å². The van der Waals surface area contributed by atoms with Crippen molar-refractivity contribution in [1.29, 1.82) is 0 Å². The van der Waals surface area contributed by atoms with Crippen LogP contribution < -0.4 is 10.9 Å². The number of benzene rings is 1. The summed E-state index contributed by atoms with van der Waals surface area (Å²) in [5, 5.41) is 14.1. The van der Waals surface area contributed by atoms with Gasteiger partial charge < -0.3 is 10.4 Å². The van der Waals surface area contributed by atoms with Gasteiger partial charge in [-0.25, -0.2) is 4.98 Å². The second-order valence-electron chi connectivity index (χ2n) is 6.85. The quantitative estimate of drug-likeness (QED) is 0.507. The topological polar surface area (TPSA) is 127 Å². The summed E-state index contributed by atoms with van der Waals surface area (Å²) < 4.78 is 30.5. The highest BCUT2D eigenvalue weighted by Gasteiger charge is 2.29. The number of sulfonamides is 1. The molecule has 0 unspecified atom stereocenters. The molecule has 0 radical (unpaired) electrons. The second-order valence-corrected chi connectivity index (χ2v) is 8.42. The lowest BCUT2D eigenvalue weighted by Crippen LogP contribution is -2.33. The minimum Gasteiger partial charge on any atom is -0.506 e. The zero-order chi connectivity index (χ0) is 21.6. The van der Waals surface area contributed by atoms with Crippen LogP contribution in [0.2, 0.25) is 0 Å². The normalized spacial score (nSPS) is 14.5. The molecule has 4 heterocycles. The first-order chi connectivity index (χ1) is 15.0. The van der Waals surface area contributed by atoms with Gasteiger partial charge in [-0.3, -0.25) is 14.3 Å². The number of nitrogens with one attached hydrogen (secondary N) is 1. The smallest absolute Gasteiger partial charge is 0.286 e. The summed E-state index contributed by atoms with van der Waals surface area (Å²) in [4.78, 5) is 21.9. The molecular formula is C21H15N5O4S. The minimum atomic E-state index is -4.06. The highest BCUT2D eigenvalue weighted by Crippen LogP contribution is 2.31. The average molecular weight is 433 g/mol. The molecule has 4 aromatic rings. The molecule has 1 aliphatic rings. The average Bonchev–Trinajstić information content (AvgIpc) is 2.77. The molecule has 1 aliphatic heterocycles. The summed E-state index contributed by atoms with van der Waals surface area (Å²) in [6, 6.07) is 14.7. The molecule has 0 aliphatic carbocycles. The Balaban J connectivity index is 1.77. The number of aromatic nitrogens is 3. The third-order valence-corrected chi connectivity index (χ3v) is 6.24. The van der Waals surface area contributed by atoms with Gasteiger partial charge in [0.05, 0.1) is 23.3 Å². The Morgan fingerprint density at radius 3 is 2.55 bits per heavy atom. The summed E-state index contributed by atoms with van der Waals surface area (Å²) in [6.07, 6.45) is 3.11. The molecule has 0 bridgehead atoms. The zero-order valence-electron chi connectivity index (χ0n) is 15.9. The maximum atomic E-state index is 13.4. The molecule has 0 saturated heterocycles. The van der Waals surface area contributed by atoms with Crippen LogP contribution >= 0.6 is 0 Å². The Kier molecular flexibility index (Phi) is 4.29. The number of anilines is 1. The first-order valence-electron chi connectivity index (χ1n) is 9.27. The Morgan fingerprint density at radius 2 is 1.74 bits per heavy atom. The maximum absolute atomic E-state index is 13.4. The number of hydrogen-bond acceptors (Lipinski definition) is 7. The number of fused-ring (bicyclic) bond motifs is 2. The number of amidine groups is 1. The third-order valence-electron chi connectivity index (χ3n) is 4.91. The van der Waals surface area contributed by atoms with E-state index in [1.807, 2.05) is 0 Å². The molecule has 0 spiro atoms. The summed E-state index contributed by atoms with van der Waals surface area (Å²) in [6.45, 7) is 0.0804. The SMILES string of the molecule is O=c1c(C2=NS(=O)(=O)c3ccccc3N2)c(O)c2cccnc2n1Cc1ccccn1. The van der Waals surface area contributed by atoms with E-state index in [0.29, 0.717) is 5.69 Å². The van der Waals surface area contributed by atoms with E-state index < -0.39 is 21.3 Å². The van der Waals surface area contributed by atoms with Gasteiger partial charge in [0.15, 0.2) is 5.84 Å². The highest BCUT2D eigenvalue weighted by molar-refractivity contribution is 7.90. The largest absolute Gasteiger partial charge is 0.506 e. The van der Waals surface area contributed by atoms with Gasteiger partial charge in [0.1, 0.15) is 21.9 Å². The molecule has 31 heavy (non-hydrogen) atoms. The van der Waals surface area contributed by atoms with Crippen LogP contribution in [0.5, 0.6) is 5.75 Å². The minimum absolute atomic E-state index is 0.00509. The predicted molar refractivity (Wildman–Crippen MR) is 115 cm³/mol. The lowest BCUT2D eigenvalue weighted by Gasteiger charge is -2.20. The number of pyridine rings is 3. The molecule has 3 aromatic heterocycles. The van der Waals surface area contributed by atoms with Crippen molar-refractivity contribution in [3.8, 4) is 5.75 Å². The Bertz CT molecular complexity index is 1530. The molecule has 0 saturated carbocycles. The maximum Gasteiger partial charge on any atom is 0.286 e. The molecular weight excluding hydrogens is 418 g/mol. The third kappa shape index (κ3) is 3.13. The molecule has 154 valence electrons. The van der Waals surface area contributed by atoms with Crippen molar-refractivity contribution < 1.29 is 13.5 Å². The number of nitrogens with zero attached hydrogens (tertiary/aromatic N) is 4. The molecule has 0 amide bonds. The fourth-order valence-corrected chi connectivity index (χ4v) is 4.62. The zero-order valence-corrected chi connectivity index (χ0v) is 16.7.